The third-order valence-electron chi connectivity index (χ3n) is 3.23. The summed E-state index contributed by atoms with van der Waals surface area (Å²) in [5, 5.41) is 0. The predicted octanol–water partition coefficient (Wildman–Crippen LogP) is 4.53. The first-order valence-corrected chi connectivity index (χ1v) is 7.60. The number of rotatable bonds is 1. The van der Waals surface area contributed by atoms with E-state index in [2.05, 4.69) is 97.2 Å². The summed E-state index contributed by atoms with van der Waals surface area (Å²) in [6.07, 6.45) is 2.14. The van der Waals surface area contributed by atoms with Crippen LogP contribution in [0.25, 0.3) is 0 Å². The largest absolute Gasteiger partial charge is 0.244 e. The van der Waals surface area contributed by atoms with E-state index in [1.54, 1.807) is 0 Å². The zero-order valence-electron chi connectivity index (χ0n) is 10.5. The van der Waals surface area contributed by atoms with Gasteiger partial charge in [0.2, 0.25) is 6.34 Å². The first kappa shape index (κ1) is 12.9. The van der Waals surface area contributed by atoms with Crippen molar-refractivity contribution in [3.63, 3.8) is 0 Å². The maximum atomic E-state index is 3.54. The number of benzene rings is 2. The van der Waals surface area contributed by atoms with E-state index in [0.29, 0.717) is 0 Å². The van der Waals surface area contributed by atoms with Crippen molar-refractivity contribution >= 4 is 49.6 Å². The molecule has 2 aromatic carbocycles. The minimum Gasteiger partial charge on any atom is -0.236 e. The Morgan fingerprint density at radius 2 is 1.68 bits per heavy atom. The maximum Gasteiger partial charge on any atom is 0.244 e. The first-order valence-electron chi connectivity index (χ1n) is 6.02. The predicted molar refractivity (Wildman–Crippen MR) is 86.4 cm³/mol. The van der Waals surface area contributed by atoms with Crippen molar-refractivity contribution in [2.75, 3.05) is 11.9 Å². The number of anilines is 1. The minimum absolute atomic E-state index is 0.890. The lowest BCUT2D eigenvalue weighted by Gasteiger charge is -2.21. The van der Waals surface area contributed by atoms with Gasteiger partial charge in [-0.15, -0.1) is 0 Å². The van der Waals surface area contributed by atoms with E-state index in [-0.39, 0.29) is 0 Å². The van der Waals surface area contributed by atoms with E-state index in [9.17, 15) is 0 Å². The molecule has 2 nitrogen and oxygen atoms in total. The Morgan fingerprint density at radius 1 is 1.00 bits per heavy atom. The van der Waals surface area contributed by atoms with E-state index in [1.165, 1.54) is 16.9 Å². The summed E-state index contributed by atoms with van der Waals surface area (Å²) in [7, 11) is 2.08. The number of nitrogens with zero attached hydrogens (tertiary/aromatic N) is 2. The van der Waals surface area contributed by atoms with Crippen molar-refractivity contribution in [1.29, 1.82) is 0 Å². The van der Waals surface area contributed by atoms with Crippen LogP contribution in [0.2, 0.25) is 0 Å². The van der Waals surface area contributed by atoms with Crippen molar-refractivity contribution < 1.29 is 4.58 Å². The highest BCUT2D eigenvalue weighted by Gasteiger charge is 2.22. The number of halogens is 2. The molecule has 0 atom stereocenters. The summed E-state index contributed by atoms with van der Waals surface area (Å²) in [5.74, 6) is 0. The SMILES string of the molecule is C[N+]1=CN(c2ccc(Br)cc2)Cc2cc(Br)ccc21. The molecular weight excluding hydrogens is 368 g/mol. The van der Waals surface area contributed by atoms with E-state index < -0.39 is 0 Å². The van der Waals surface area contributed by atoms with Crippen LogP contribution < -0.4 is 4.90 Å². The molecule has 1 aliphatic heterocycles. The molecule has 19 heavy (non-hydrogen) atoms. The highest BCUT2D eigenvalue weighted by Crippen LogP contribution is 2.29. The molecule has 4 heteroatoms. The molecule has 0 fully saturated rings. The molecular formula is C15H13Br2N2+. The van der Waals surface area contributed by atoms with Gasteiger partial charge in [0, 0.05) is 14.5 Å². The van der Waals surface area contributed by atoms with Crippen LogP contribution in [0.5, 0.6) is 0 Å². The van der Waals surface area contributed by atoms with Crippen LogP contribution in [-0.4, -0.2) is 18.0 Å². The zero-order chi connectivity index (χ0) is 13.4. The average molecular weight is 381 g/mol. The molecule has 1 heterocycles. The van der Waals surface area contributed by atoms with Crippen LogP contribution >= 0.6 is 31.9 Å². The second-order valence-electron chi connectivity index (χ2n) is 4.60. The fraction of sp³-hybridized carbons (Fsp3) is 0.133. The number of fused-ring (bicyclic) bond motifs is 1. The van der Waals surface area contributed by atoms with Crippen LogP contribution in [-0.2, 0) is 6.54 Å². The van der Waals surface area contributed by atoms with Gasteiger partial charge in [-0.3, -0.25) is 0 Å². The molecule has 0 saturated carbocycles. The summed E-state index contributed by atoms with van der Waals surface area (Å²) in [6, 6.07) is 14.8. The minimum atomic E-state index is 0.890. The molecule has 0 amide bonds. The molecule has 0 N–H and O–H groups in total. The van der Waals surface area contributed by atoms with Crippen LogP contribution in [0.1, 0.15) is 5.56 Å². The second kappa shape index (κ2) is 5.10. The Bertz CT molecular complexity index is 648. The molecule has 0 spiro atoms. The molecule has 0 aromatic heterocycles. The van der Waals surface area contributed by atoms with Gasteiger partial charge in [0.05, 0.1) is 7.05 Å². The van der Waals surface area contributed by atoms with E-state index in [0.717, 1.165) is 15.5 Å². The van der Waals surface area contributed by atoms with Crippen LogP contribution in [0.4, 0.5) is 11.4 Å². The summed E-state index contributed by atoms with van der Waals surface area (Å²) in [6.45, 7) is 0.890. The van der Waals surface area contributed by atoms with Gasteiger partial charge in [0.15, 0.2) is 0 Å². The second-order valence-corrected chi connectivity index (χ2v) is 6.44. The highest BCUT2D eigenvalue weighted by atomic mass is 79.9. The smallest absolute Gasteiger partial charge is 0.236 e. The van der Waals surface area contributed by atoms with Crippen molar-refractivity contribution in [2.45, 2.75) is 6.54 Å². The van der Waals surface area contributed by atoms with Gasteiger partial charge in [-0.1, -0.05) is 31.9 Å². The quantitative estimate of drug-likeness (QED) is 0.658. The van der Waals surface area contributed by atoms with Gasteiger partial charge < -0.3 is 0 Å². The Hall–Kier alpha value is -1.13. The summed E-state index contributed by atoms with van der Waals surface area (Å²) in [5.41, 5.74) is 3.78. The fourth-order valence-corrected chi connectivity index (χ4v) is 2.98. The molecule has 0 bridgehead atoms. The van der Waals surface area contributed by atoms with Gasteiger partial charge in [0.25, 0.3) is 0 Å². The van der Waals surface area contributed by atoms with Gasteiger partial charge in [-0.05, 0) is 42.5 Å². The molecule has 0 saturated heterocycles. The van der Waals surface area contributed by atoms with E-state index >= 15 is 0 Å². The van der Waals surface area contributed by atoms with Gasteiger partial charge >= 0.3 is 0 Å². The molecule has 0 unspecified atom stereocenters. The maximum absolute atomic E-state index is 3.54. The molecule has 0 aliphatic carbocycles. The van der Waals surface area contributed by atoms with Gasteiger partial charge in [-0.25, -0.2) is 9.48 Å². The normalized spacial score (nSPS) is 14.1. The lowest BCUT2D eigenvalue weighted by atomic mass is 10.1. The molecule has 1 aliphatic rings. The van der Waals surface area contributed by atoms with Crippen molar-refractivity contribution in [1.82, 2.24) is 0 Å². The Kier molecular flexibility index (Phi) is 3.46. The highest BCUT2D eigenvalue weighted by molar-refractivity contribution is 9.10. The Labute approximate surface area is 129 Å². The molecule has 2 aromatic rings. The molecule has 0 radical (unpaired) electrons. The Balaban J connectivity index is 2.00. The van der Waals surface area contributed by atoms with Crippen molar-refractivity contribution in [2.24, 2.45) is 0 Å². The third kappa shape index (κ3) is 2.60. The van der Waals surface area contributed by atoms with E-state index in [4.69, 9.17) is 0 Å². The lowest BCUT2D eigenvalue weighted by molar-refractivity contribution is -0.403. The van der Waals surface area contributed by atoms with Crippen LogP contribution in [0.3, 0.4) is 0 Å². The summed E-state index contributed by atoms with van der Waals surface area (Å²) in [4.78, 5) is 2.25. The summed E-state index contributed by atoms with van der Waals surface area (Å²) >= 11 is 7.01. The molecule has 96 valence electrons. The van der Waals surface area contributed by atoms with Crippen LogP contribution in [0, 0.1) is 0 Å². The topological polar surface area (TPSA) is 6.25 Å². The van der Waals surface area contributed by atoms with Crippen molar-refractivity contribution in [3.05, 3.63) is 57.0 Å². The standard InChI is InChI=1S/C15H13Br2N2/c1-18-10-19(14-5-2-12(16)3-6-14)9-11-8-13(17)4-7-15(11)18/h2-8,10H,9H2,1H3/q+1. The molecule has 3 rings (SSSR count). The first-order chi connectivity index (χ1) is 9.13. The Morgan fingerprint density at radius 3 is 2.42 bits per heavy atom. The van der Waals surface area contributed by atoms with Crippen molar-refractivity contribution in [3.8, 4) is 0 Å². The average Bonchev–Trinajstić information content (AvgIpc) is 2.38. The van der Waals surface area contributed by atoms with Crippen LogP contribution in [0.15, 0.2) is 51.4 Å². The van der Waals surface area contributed by atoms with E-state index in [1.807, 2.05) is 0 Å². The van der Waals surface area contributed by atoms with Gasteiger partial charge in [0.1, 0.15) is 17.9 Å². The fourth-order valence-electron chi connectivity index (χ4n) is 2.31. The summed E-state index contributed by atoms with van der Waals surface area (Å²) < 4.78 is 4.38. The number of hydrogen-bond donors (Lipinski definition) is 0. The lowest BCUT2D eigenvalue weighted by Crippen LogP contribution is -2.29. The zero-order valence-corrected chi connectivity index (χ0v) is 13.6. The third-order valence-corrected chi connectivity index (χ3v) is 4.25. The van der Waals surface area contributed by atoms with Gasteiger partial charge in [-0.2, -0.15) is 0 Å². The monoisotopic (exact) mass is 379 g/mol. The number of hydrogen-bond acceptors (Lipinski definition) is 1.